The molecule has 5 heteroatoms. The van der Waals surface area contributed by atoms with Gasteiger partial charge in [-0.25, -0.2) is 12.7 Å². The van der Waals surface area contributed by atoms with Gasteiger partial charge >= 0.3 is 0 Å². The summed E-state index contributed by atoms with van der Waals surface area (Å²) in [5.41, 5.74) is 2.65. The fraction of sp³-hybridized carbons (Fsp3) is 0.667. The van der Waals surface area contributed by atoms with Crippen LogP contribution in [-0.4, -0.2) is 56.6 Å². The number of aryl methyl sites for hydroxylation is 1. The smallest absolute Gasteiger partial charge is 0.211 e. The first-order valence-electron chi connectivity index (χ1n) is 8.46. The summed E-state index contributed by atoms with van der Waals surface area (Å²) in [6.07, 6.45) is 4.43. The number of piperidine rings is 1. The molecule has 1 aromatic rings. The van der Waals surface area contributed by atoms with Gasteiger partial charge in [-0.3, -0.25) is 0 Å². The molecule has 2 atom stereocenters. The second-order valence-corrected chi connectivity index (χ2v) is 9.09. The number of likely N-dealkylation sites (N-methyl/N-ethyl adjacent to an activating group) is 1. The fourth-order valence-electron chi connectivity index (χ4n) is 3.29. The number of benzene rings is 1. The highest BCUT2D eigenvalue weighted by Gasteiger charge is 2.27. The van der Waals surface area contributed by atoms with E-state index in [4.69, 9.17) is 0 Å². The van der Waals surface area contributed by atoms with Gasteiger partial charge in [-0.15, -0.1) is 0 Å². The van der Waals surface area contributed by atoms with Gasteiger partial charge in [0.2, 0.25) is 10.0 Å². The molecule has 0 radical (unpaired) electrons. The maximum absolute atomic E-state index is 11.7. The minimum Gasteiger partial charge on any atom is -0.303 e. The Kier molecular flexibility index (Phi) is 6.23. The molecule has 0 spiro atoms. The van der Waals surface area contributed by atoms with Crippen molar-refractivity contribution in [1.82, 2.24) is 9.21 Å². The van der Waals surface area contributed by atoms with Crippen molar-refractivity contribution in [3.63, 3.8) is 0 Å². The van der Waals surface area contributed by atoms with Gasteiger partial charge in [-0.05, 0) is 51.6 Å². The third-order valence-corrected chi connectivity index (χ3v) is 6.17. The first kappa shape index (κ1) is 18.4. The molecule has 1 aliphatic heterocycles. The Hall–Kier alpha value is -0.910. The van der Waals surface area contributed by atoms with Gasteiger partial charge in [0.05, 0.1) is 6.26 Å². The van der Waals surface area contributed by atoms with E-state index in [1.54, 1.807) is 4.31 Å². The molecule has 1 aliphatic rings. The lowest BCUT2D eigenvalue weighted by molar-refractivity contribution is 0.170. The summed E-state index contributed by atoms with van der Waals surface area (Å²) in [6, 6.07) is 9.17. The standard InChI is InChI=1S/C18H30N2O2S/c1-15-7-9-17(10-8-15)12-16(2)19(3)13-18-6-5-11-20(14-18)23(4,21)22/h7-10,16,18H,5-6,11-14H2,1-4H3/t16-,18+/m0/s1. The van der Waals surface area contributed by atoms with E-state index in [0.717, 1.165) is 25.8 Å². The van der Waals surface area contributed by atoms with Gasteiger partial charge < -0.3 is 4.90 Å². The van der Waals surface area contributed by atoms with Crippen molar-refractivity contribution < 1.29 is 8.42 Å². The molecule has 0 aliphatic carbocycles. The van der Waals surface area contributed by atoms with Crippen LogP contribution in [0.2, 0.25) is 0 Å². The highest BCUT2D eigenvalue weighted by Crippen LogP contribution is 2.20. The number of rotatable bonds is 6. The molecule has 1 aromatic carbocycles. The van der Waals surface area contributed by atoms with Crippen LogP contribution < -0.4 is 0 Å². The van der Waals surface area contributed by atoms with Gasteiger partial charge in [0.1, 0.15) is 0 Å². The second-order valence-electron chi connectivity index (χ2n) is 7.11. The average molecular weight is 339 g/mol. The van der Waals surface area contributed by atoms with Gasteiger partial charge in [-0.2, -0.15) is 0 Å². The summed E-state index contributed by atoms with van der Waals surface area (Å²) in [7, 11) is -0.902. The summed E-state index contributed by atoms with van der Waals surface area (Å²) in [6.45, 7) is 6.66. The first-order valence-corrected chi connectivity index (χ1v) is 10.3. The van der Waals surface area contributed by atoms with Gasteiger partial charge in [0, 0.05) is 25.7 Å². The SMILES string of the molecule is Cc1ccc(C[C@H](C)N(C)C[C@H]2CCCN(S(C)(=O)=O)C2)cc1. The van der Waals surface area contributed by atoms with E-state index in [-0.39, 0.29) is 0 Å². The summed E-state index contributed by atoms with van der Waals surface area (Å²) in [5.74, 6) is 0.434. The molecule has 1 saturated heterocycles. The Balaban J connectivity index is 1.87. The van der Waals surface area contributed by atoms with E-state index in [2.05, 4.69) is 50.1 Å². The van der Waals surface area contributed by atoms with Crippen LogP contribution in [0.4, 0.5) is 0 Å². The van der Waals surface area contributed by atoms with E-state index >= 15 is 0 Å². The van der Waals surface area contributed by atoms with Crippen molar-refractivity contribution in [3.05, 3.63) is 35.4 Å². The van der Waals surface area contributed by atoms with Crippen molar-refractivity contribution in [1.29, 1.82) is 0 Å². The van der Waals surface area contributed by atoms with Crippen LogP contribution in [0.5, 0.6) is 0 Å². The summed E-state index contributed by atoms with van der Waals surface area (Å²) < 4.78 is 25.1. The lowest BCUT2D eigenvalue weighted by atomic mass is 9.97. The van der Waals surface area contributed by atoms with Crippen LogP contribution in [0.3, 0.4) is 0 Å². The van der Waals surface area contributed by atoms with E-state index in [0.29, 0.717) is 25.0 Å². The number of nitrogens with zero attached hydrogens (tertiary/aromatic N) is 2. The molecule has 1 heterocycles. The van der Waals surface area contributed by atoms with E-state index in [1.807, 2.05) is 0 Å². The number of hydrogen-bond donors (Lipinski definition) is 0. The third kappa shape index (κ3) is 5.59. The zero-order chi connectivity index (χ0) is 17.0. The summed E-state index contributed by atoms with van der Waals surface area (Å²) in [4.78, 5) is 2.37. The van der Waals surface area contributed by atoms with Crippen molar-refractivity contribution >= 4 is 10.0 Å². The Morgan fingerprint density at radius 3 is 2.57 bits per heavy atom. The minimum atomic E-state index is -3.05. The zero-order valence-corrected chi connectivity index (χ0v) is 15.6. The molecule has 0 unspecified atom stereocenters. The molecule has 2 rings (SSSR count). The highest BCUT2D eigenvalue weighted by molar-refractivity contribution is 7.88. The van der Waals surface area contributed by atoms with Crippen molar-refractivity contribution in [2.45, 2.75) is 39.2 Å². The quantitative estimate of drug-likeness (QED) is 0.800. The Morgan fingerprint density at radius 1 is 1.30 bits per heavy atom. The lowest BCUT2D eigenvalue weighted by Gasteiger charge is -2.35. The topological polar surface area (TPSA) is 40.6 Å². The monoisotopic (exact) mass is 338 g/mol. The Labute approximate surface area is 141 Å². The molecular formula is C18H30N2O2S. The van der Waals surface area contributed by atoms with Crippen LogP contribution in [0.1, 0.15) is 30.9 Å². The van der Waals surface area contributed by atoms with Crippen LogP contribution in [0.15, 0.2) is 24.3 Å². The van der Waals surface area contributed by atoms with E-state index in [9.17, 15) is 8.42 Å². The predicted octanol–water partition coefficient (Wildman–Crippen LogP) is 2.53. The maximum atomic E-state index is 11.7. The van der Waals surface area contributed by atoms with Crippen LogP contribution in [-0.2, 0) is 16.4 Å². The normalized spacial score (nSPS) is 21.5. The van der Waals surface area contributed by atoms with Gasteiger partial charge in [0.15, 0.2) is 0 Å². The van der Waals surface area contributed by atoms with E-state index in [1.165, 1.54) is 17.4 Å². The first-order chi connectivity index (χ1) is 10.8. The van der Waals surface area contributed by atoms with Crippen LogP contribution in [0.25, 0.3) is 0 Å². The fourth-order valence-corrected chi connectivity index (χ4v) is 4.23. The number of hydrogen-bond acceptors (Lipinski definition) is 3. The third-order valence-electron chi connectivity index (χ3n) is 4.90. The molecule has 0 saturated carbocycles. The van der Waals surface area contributed by atoms with Crippen molar-refractivity contribution in [2.75, 3.05) is 32.9 Å². The lowest BCUT2D eigenvalue weighted by Crippen LogP contribution is -2.44. The largest absolute Gasteiger partial charge is 0.303 e. The molecule has 0 aromatic heterocycles. The van der Waals surface area contributed by atoms with Crippen molar-refractivity contribution in [2.24, 2.45) is 5.92 Å². The van der Waals surface area contributed by atoms with Gasteiger partial charge in [-0.1, -0.05) is 29.8 Å². The van der Waals surface area contributed by atoms with E-state index < -0.39 is 10.0 Å². The summed E-state index contributed by atoms with van der Waals surface area (Å²) >= 11 is 0. The van der Waals surface area contributed by atoms with Gasteiger partial charge in [0.25, 0.3) is 0 Å². The maximum Gasteiger partial charge on any atom is 0.211 e. The van der Waals surface area contributed by atoms with Crippen LogP contribution in [0, 0.1) is 12.8 Å². The Morgan fingerprint density at radius 2 is 1.96 bits per heavy atom. The average Bonchev–Trinajstić information content (AvgIpc) is 2.49. The zero-order valence-electron chi connectivity index (χ0n) is 14.8. The Bertz CT molecular complexity index is 598. The molecule has 0 amide bonds. The molecule has 130 valence electrons. The highest BCUT2D eigenvalue weighted by atomic mass is 32.2. The second kappa shape index (κ2) is 7.77. The van der Waals surface area contributed by atoms with Crippen LogP contribution >= 0.6 is 0 Å². The van der Waals surface area contributed by atoms with Crippen molar-refractivity contribution in [3.8, 4) is 0 Å². The molecule has 1 fully saturated rings. The molecule has 4 nitrogen and oxygen atoms in total. The minimum absolute atomic E-state index is 0.434. The molecular weight excluding hydrogens is 308 g/mol. The molecule has 0 N–H and O–H groups in total. The number of sulfonamides is 1. The molecule has 23 heavy (non-hydrogen) atoms. The predicted molar refractivity (Wildman–Crippen MR) is 96.1 cm³/mol. The summed E-state index contributed by atoms with van der Waals surface area (Å²) in [5, 5.41) is 0. The molecule has 0 bridgehead atoms.